The first-order valence-electron chi connectivity index (χ1n) is 3.27. The number of halogens is 1. The van der Waals surface area contributed by atoms with Gasteiger partial charge in [0.25, 0.3) is 10.2 Å². The molecule has 0 spiro atoms. The third-order valence-electron chi connectivity index (χ3n) is 1.50. The molecule has 0 aromatic carbocycles. The molecular weight excluding hydrogens is 198 g/mol. The van der Waals surface area contributed by atoms with Gasteiger partial charge in [-0.1, -0.05) is 0 Å². The monoisotopic (exact) mass is 206 g/mol. The van der Waals surface area contributed by atoms with Gasteiger partial charge in [0.2, 0.25) is 9.84 Å². The molecule has 1 rings (SSSR count). The van der Waals surface area contributed by atoms with Crippen LogP contribution in [0.25, 0.3) is 0 Å². The molecule has 0 N–H and O–H groups in total. The Morgan fingerprint density at radius 2 is 2.00 bits per heavy atom. The van der Waals surface area contributed by atoms with Gasteiger partial charge in [-0.25, -0.2) is 8.42 Å². The summed E-state index contributed by atoms with van der Waals surface area (Å²) < 4.78 is 23.7. The van der Waals surface area contributed by atoms with Crippen LogP contribution in [-0.2, 0) is 16.9 Å². The number of aromatic nitrogens is 1. The van der Waals surface area contributed by atoms with Crippen molar-refractivity contribution in [1.82, 2.24) is 0 Å². The van der Waals surface area contributed by atoms with E-state index in [1.54, 1.807) is 19.2 Å². The van der Waals surface area contributed by atoms with Crippen LogP contribution in [0.5, 0.6) is 0 Å². The van der Waals surface area contributed by atoms with E-state index in [1.165, 1.54) is 10.6 Å². The predicted molar refractivity (Wildman–Crippen MR) is 45.7 cm³/mol. The lowest BCUT2D eigenvalue weighted by Crippen LogP contribution is -2.36. The number of hydrogen-bond acceptors (Lipinski definition) is 2. The number of pyridine rings is 1. The molecule has 12 heavy (non-hydrogen) atoms. The second-order valence-electron chi connectivity index (χ2n) is 2.52. The van der Waals surface area contributed by atoms with Crippen molar-refractivity contribution in [2.45, 2.75) is 5.03 Å². The van der Waals surface area contributed by atoms with Crippen molar-refractivity contribution in [3.05, 3.63) is 23.4 Å². The third kappa shape index (κ3) is 1.76. The fraction of sp³-hybridized carbons (Fsp3) is 0.286. The van der Waals surface area contributed by atoms with Crippen molar-refractivity contribution >= 4 is 21.4 Å². The minimum atomic E-state index is -3.18. The van der Waals surface area contributed by atoms with Gasteiger partial charge >= 0.3 is 0 Å². The van der Waals surface area contributed by atoms with E-state index in [-0.39, 0.29) is 5.03 Å². The molecule has 1 aromatic heterocycles. The first-order chi connectivity index (χ1) is 5.43. The summed E-state index contributed by atoms with van der Waals surface area (Å²) in [5.41, 5.74) is 0. The third-order valence-corrected chi connectivity index (χ3v) is 3.05. The molecule has 0 saturated heterocycles. The van der Waals surface area contributed by atoms with E-state index in [1.807, 2.05) is 0 Å². The lowest BCUT2D eigenvalue weighted by molar-refractivity contribution is -0.707. The Bertz CT molecular complexity index is 400. The van der Waals surface area contributed by atoms with E-state index >= 15 is 0 Å². The highest BCUT2D eigenvalue weighted by Crippen LogP contribution is 2.06. The molecule has 1 aromatic rings. The first kappa shape index (κ1) is 9.48. The van der Waals surface area contributed by atoms with Gasteiger partial charge in [0.1, 0.15) is 7.05 Å². The molecule has 0 bridgehead atoms. The molecule has 3 nitrogen and oxygen atoms in total. The molecule has 0 aliphatic heterocycles. The van der Waals surface area contributed by atoms with Gasteiger partial charge in [-0.2, -0.15) is 4.57 Å². The van der Waals surface area contributed by atoms with E-state index in [0.717, 1.165) is 6.26 Å². The zero-order chi connectivity index (χ0) is 9.35. The van der Waals surface area contributed by atoms with Crippen LogP contribution in [0.4, 0.5) is 0 Å². The van der Waals surface area contributed by atoms with Crippen molar-refractivity contribution in [3.63, 3.8) is 0 Å². The SMILES string of the molecule is C[n+]1c(Cl)cccc1S(C)(=O)=O. The van der Waals surface area contributed by atoms with Gasteiger partial charge in [-0.05, 0) is 17.7 Å². The number of rotatable bonds is 1. The topological polar surface area (TPSA) is 38.0 Å². The Balaban J connectivity index is 3.47. The van der Waals surface area contributed by atoms with E-state index in [9.17, 15) is 8.42 Å². The summed E-state index contributed by atoms with van der Waals surface area (Å²) in [5.74, 6) is 0. The normalized spacial score (nSPS) is 11.6. The fourth-order valence-electron chi connectivity index (χ4n) is 0.911. The molecule has 0 aliphatic rings. The Kier molecular flexibility index (Phi) is 2.39. The molecule has 0 atom stereocenters. The molecular formula is C7H9ClNO2S+. The molecule has 66 valence electrons. The summed E-state index contributed by atoms with van der Waals surface area (Å²) in [4.78, 5) is 0. The number of sulfone groups is 1. The first-order valence-corrected chi connectivity index (χ1v) is 5.54. The van der Waals surface area contributed by atoms with Gasteiger partial charge in [-0.15, -0.1) is 0 Å². The summed E-state index contributed by atoms with van der Waals surface area (Å²) in [6.45, 7) is 0. The van der Waals surface area contributed by atoms with Gasteiger partial charge in [-0.3, -0.25) is 0 Å². The van der Waals surface area contributed by atoms with Crippen molar-refractivity contribution < 1.29 is 13.0 Å². The minimum absolute atomic E-state index is 0.218. The second-order valence-corrected chi connectivity index (χ2v) is 4.87. The highest BCUT2D eigenvalue weighted by Gasteiger charge is 2.19. The van der Waals surface area contributed by atoms with Crippen LogP contribution in [-0.4, -0.2) is 14.7 Å². The summed E-state index contributed by atoms with van der Waals surface area (Å²) in [7, 11) is -1.57. The van der Waals surface area contributed by atoms with E-state index in [0.29, 0.717) is 5.15 Å². The molecule has 0 amide bonds. The molecule has 1 heterocycles. The zero-order valence-electron chi connectivity index (χ0n) is 6.78. The van der Waals surface area contributed by atoms with Gasteiger partial charge in [0, 0.05) is 18.4 Å². The molecule has 0 radical (unpaired) electrons. The van der Waals surface area contributed by atoms with Gasteiger partial charge in [0.15, 0.2) is 0 Å². The standard InChI is InChI=1S/C7H9ClNO2S/c1-9-6(8)4-3-5-7(9)12(2,10)11/h3-5H,1-2H3/q+1. The van der Waals surface area contributed by atoms with Gasteiger partial charge in [0.05, 0.1) is 0 Å². The molecule has 0 unspecified atom stereocenters. The maximum absolute atomic E-state index is 11.1. The van der Waals surface area contributed by atoms with Crippen molar-refractivity contribution in [2.75, 3.05) is 6.26 Å². The van der Waals surface area contributed by atoms with Crippen LogP contribution in [0.2, 0.25) is 5.15 Å². The van der Waals surface area contributed by atoms with Crippen LogP contribution in [0.1, 0.15) is 0 Å². The highest BCUT2D eigenvalue weighted by atomic mass is 35.5. The van der Waals surface area contributed by atoms with Crippen LogP contribution in [0, 0.1) is 0 Å². The number of hydrogen-bond donors (Lipinski definition) is 0. The van der Waals surface area contributed by atoms with E-state index in [2.05, 4.69) is 0 Å². The zero-order valence-corrected chi connectivity index (χ0v) is 8.35. The Labute approximate surface area is 76.5 Å². The van der Waals surface area contributed by atoms with Crippen molar-refractivity contribution in [1.29, 1.82) is 0 Å². The lowest BCUT2D eigenvalue weighted by atomic mass is 10.5. The average molecular weight is 207 g/mol. The Hall–Kier alpha value is -0.610. The van der Waals surface area contributed by atoms with Crippen LogP contribution in [0.15, 0.2) is 23.2 Å². The summed E-state index contributed by atoms with van der Waals surface area (Å²) in [6, 6.07) is 4.76. The molecule has 5 heteroatoms. The average Bonchev–Trinajstić information content (AvgIpc) is 1.92. The Morgan fingerprint density at radius 3 is 2.42 bits per heavy atom. The minimum Gasteiger partial charge on any atom is -0.218 e. The second kappa shape index (κ2) is 3.03. The van der Waals surface area contributed by atoms with Crippen LogP contribution in [0.3, 0.4) is 0 Å². The molecule has 0 aliphatic carbocycles. The van der Waals surface area contributed by atoms with Gasteiger partial charge < -0.3 is 0 Å². The van der Waals surface area contributed by atoms with E-state index in [4.69, 9.17) is 11.6 Å². The maximum atomic E-state index is 11.1. The number of nitrogens with zero attached hydrogens (tertiary/aromatic N) is 1. The largest absolute Gasteiger partial charge is 0.298 e. The van der Waals surface area contributed by atoms with Crippen molar-refractivity contribution in [2.24, 2.45) is 7.05 Å². The summed E-state index contributed by atoms with van der Waals surface area (Å²) in [6.07, 6.45) is 1.15. The fourth-order valence-corrected chi connectivity index (χ4v) is 2.05. The lowest BCUT2D eigenvalue weighted by Gasteiger charge is -1.96. The quantitative estimate of drug-likeness (QED) is 0.498. The summed E-state index contributed by atoms with van der Waals surface area (Å²) in [5, 5.41) is 0.618. The smallest absolute Gasteiger partial charge is 0.218 e. The molecule has 0 saturated carbocycles. The highest BCUT2D eigenvalue weighted by molar-refractivity contribution is 7.90. The maximum Gasteiger partial charge on any atom is 0.298 e. The van der Waals surface area contributed by atoms with E-state index < -0.39 is 9.84 Å². The summed E-state index contributed by atoms with van der Waals surface area (Å²) >= 11 is 5.72. The van der Waals surface area contributed by atoms with Crippen molar-refractivity contribution in [3.8, 4) is 0 Å². The molecule has 0 fully saturated rings. The van der Waals surface area contributed by atoms with Crippen LogP contribution >= 0.6 is 11.6 Å². The Morgan fingerprint density at radius 1 is 1.42 bits per heavy atom. The predicted octanol–water partition coefficient (Wildman–Crippen LogP) is 0.568. The van der Waals surface area contributed by atoms with Crippen LogP contribution < -0.4 is 4.57 Å².